The summed E-state index contributed by atoms with van der Waals surface area (Å²) in [5.74, 6) is -1.19. The van der Waals surface area contributed by atoms with E-state index in [1.165, 1.54) is 6.07 Å². The van der Waals surface area contributed by atoms with Gasteiger partial charge in [-0.1, -0.05) is 18.2 Å². The van der Waals surface area contributed by atoms with Crippen LogP contribution >= 0.6 is 0 Å². The first-order chi connectivity index (χ1) is 12.1. The number of nitrogens with one attached hydrogen (secondary N) is 1. The van der Waals surface area contributed by atoms with Gasteiger partial charge in [-0.05, 0) is 35.4 Å². The van der Waals surface area contributed by atoms with Crippen LogP contribution in [0.25, 0.3) is 0 Å². The molecular formula is C19H20F2N2O2. The summed E-state index contributed by atoms with van der Waals surface area (Å²) in [7, 11) is 1.61. The molecule has 1 amide bonds. The van der Waals surface area contributed by atoms with E-state index in [1.54, 1.807) is 12.0 Å². The second-order valence-electron chi connectivity index (χ2n) is 6.01. The van der Waals surface area contributed by atoms with Gasteiger partial charge in [0.15, 0.2) is 11.6 Å². The first-order valence-corrected chi connectivity index (χ1v) is 8.16. The first-order valence-electron chi connectivity index (χ1n) is 8.16. The van der Waals surface area contributed by atoms with E-state index >= 15 is 0 Å². The molecule has 0 spiro atoms. The van der Waals surface area contributed by atoms with Crippen LogP contribution < -0.4 is 10.1 Å². The van der Waals surface area contributed by atoms with Crippen LogP contribution in [0.5, 0.6) is 5.75 Å². The van der Waals surface area contributed by atoms with Crippen LogP contribution in [0.2, 0.25) is 0 Å². The Labute approximate surface area is 145 Å². The molecule has 0 saturated carbocycles. The number of carbonyl (C=O) groups excluding carboxylic acids is 1. The average molecular weight is 346 g/mol. The van der Waals surface area contributed by atoms with E-state index in [0.717, 1.165) is 23.4 Å². The Morgan fingerprint density at radius 1 is 1.20 bits per heavy atom. The predicted octanol–water partition coefficient (Wildman–Crippen LogP) is 2.69. The fourth-order valence-electron chi connectivity index (χ4n) is 3.05. The van der Waals surface area contributed by atoms with E-state index < -0.39 is 11.6 Å². The van der Waals surface area contributed by atoms with Crippen LogP contribution in [0, 0.1) is 11.6 Å². The predicted molar refractivity (Wildman–Crippen MR) is 90.4 cm³/mol. The lowest BCUT2D eigenvalue weighted by atomic mass is 10.0. The standard InChI is InChI=1S/C19H20F2N2O2/c1-25-15-5-3-14(4-6-15)18-12-22-8-9-23(18)19(24)11-13-2-7-16(20)17(21)10-13/h2-7,10,18,22H,8-9,11-12H2,1H3. The van der Waals surface area contributed by atoms with Crippen molar-refractivity contribution in [2.24, 2.45) is 0 Å². The zero-order valence-electron chi connectivity index (χ0n) is 14.0. The molecule has 1 saturated heterocycles. The Balaban J connectivity index is 1.77. The molecule has 0 radical (unpaired) electrons. The molecule has 25 heavy (non-hydrogen) atoms. The summed E-state index contributed by atoms with van der Waals surface area (Å²) in [6.07, 6.45) is 0.0455. The average Bonchev–Trinajstić information content (AvgIpc) is 2.65. The molecule has 1 fully saturated rings. The number of hydrogen-bond acceptors (Lipinski definition) is 3. The van der Waals surface area contributed by atoms with Gasteiger partial charge in [0.25, 0.3) is 0 Å². The smallest absolute Gasteiger partial charge is 0.227 e. The van der Waals surface area contributed by atoms with E-state index in [1.807, 2.05) is 24.3 Å². The summed E-state index contributed by atoms with van der Waals surface area (Å²) in [5, 5.41) is 3.29. The van der Waals surface area contributed by atoms with E-state index in [-0.39, 0.29) is 18.4 Å². The molecule has 0 bridgehead atoms. The van der Waals surface area contributed by atoms with Gasteiger partial charge < -0.3 is 15.0 Å². The van der Waals surface area contributed by atoms with Gasteiger partial charge in [-0.2, -0.15) is 0 Å². The lowest BCUT2D eigenvalue weighted by molar-refractivity contribution is -0.133. The number of halogens is 2. The molecule has 2 aromatic rings. The molecule has 1 heterocycles. The number of nitrogens with zero attached hydrogens (tertiary/aromatic N) is 1. The molecule has 6 heteroatoms. The summed E-state index contributed by atoms with van der Waals surface area (Å²) >= 11 is 0. The molecule has 1 aliphatic rings. The molecule has 1 unspecified atom stereocenters. The normalized spacial score (nSPS) is 17.4. The SMILES string of the molecule is COc1ccc(C2CNCCN2C(=O)Cc2ccc(F)c(F)c2)cc1. The fraction of sp³-hybridized carbons (Fsp3) is 0.316. The van der Waals surface area contributed by atoms with Crippen molar-refractivity contribution in [1.82, 2.24) is 10.2 Å². The Morgan fingerprint density at radius 3 is 2.64 bits per heavy atom. The maximum atomic E-state index is 13.4. The van der Waals surface area contributed by atoms with Crippen molar-refractivity contribution in [3.63, 3.8) is 0 Å². The number of rotatable bonds is 4. The highest BCUT2D eigenvalue weighted by molar-refractivity contribution is 5.79. The van der Waals surface area contributed by atoms with Crippen LogP contribution in [0.15, 0.2) is 42.5 Å². The number of hydrogen-bond donors (Lipinski definition) is 1. The van der Waals surface area contributed by atoms with Gasteiger partial charge >= 0.3 is 0 Å². The lowest BCUT2D eigenvalue weighted by Gasteiger charge is -2.36. The molecule has 3 rings (SSSR count). The van der Waals surface area contributed by atoms with E-state index in [0.29, 0.717) is 25.2 Å². The third kappa shape index (κ3) is 3.96. The summed E-state index contributed by atoms with van der Waals surface area (Å²) < 4.78 is 31.6. The fourth-order valence-corrected chi connectivity index (χ4v) is 3.05. The number of carbonyl (C=O) groups is 1. The van der Waals surface area contributed by atoms with Crippen molar-refractivity contribution in [2.75, 3.05) is 26.7 Å². The monoisotopic (exact) mass is 346 g/mol. The number of benzene rings is 2. The molecule has 0 aromatic heterocycles. The topological polar surface area (TPSA) is 41.6 Å². The highest BCUT2D eigenvalue weighted by atomic mass is 19.2. The zero-order valence-corrected chi connectivity index (χ0v) is 14.0. The number of methoxy groups -OCH3 is 1. The van der Waals surface area contributed by atoms with Gasteiger partial charge in [-0.25, -0.2) is 8.78 Å². The van der Waals surface area contributed by atoms with E-state index in [2.05, 4.69) is 5.32 Å². The van der Waals surface area contributed by atoms with Crippen molar-refractivity contribution in [2.45, 2.75) is 12.5 Å². The largest absolute Gasteiger partial charge is 0.497 e. The van der Waals surface area contributed by atoms with Gasteiger partial charge in [0.05, 0.1) is 19.6 Å². The van der Waals surface area contributed by atoms with Crippen molar-refractivity contribution in [3.05, 3.63) is 65.2 Å². The van der Waals surface area contributed by atoms with Crippen LogP contribution in [-0.2, 0) is 11.2 Å². The Morgan fingerprint density at radius 2 is 1.96 bits per heavy atom. The minimum atomic E-state index is -0.933. The van der Waals surface area contributed by atoms with Gasteiger partial charge in [0, 0.05) is 19.6 Å². The van der Waals surface area contributed by atoms with E-state index in [4.69, 9.17) is 4.74 Å². The minimum absolute atomic E-state index is 0.0455. The van der Waals surface area contributed by atoms with Crippen molar-refractivity contribution < 1.29 is 18.3 Å². The highest BCUT2D eigenvalue weighted by Crippen LogP contribution is 2.25. The van der Waals surface area contributed by atoms with Gasteiger partial charge in [-0.15, -0.1) is 0 Å². The van der Waals surface area contributed by atoms with Crippen LogP contribution in [-0.4, -0.2) is 37.6 Å². The van der Waals surface area contributed by atoms with Crippen LogP contribution in [0.3, 0.4) is 0 Å². The van der Waals surface area contributed by atoms with Crippen molar-refractivity contribution in [3.8, 4) is 5.75 Å². The first kappa shape index (κ1) is 17.4. The summed E-state index contributed by atoms with van der Waals surface area (Å²) in [6.45, 7) is 1.92. The van der Waals surface area contributed by atoms with Gasteiger partial charge in [-0.3, -0.25) is 4.79 Å². The molecular weight excluding hydrogens is 326 g/mol. The van der Waals surface area contributed by atoms with Gasteiger partial charge in [0.2, 0.25) is 5.91 Å². The molecule has 1 atom stereocenters. The summed E-state index contributed by atoms with van der Waals surface area (Å²) in [5.41, 5.74) is 1.47. The number of ether oxygens (including phenoxy) is 1. The van der Waals surface area contributed by atoms with Crippen molar-refractivity contribution >= 4 is 5.91 Å². The lowest BCUT2D eigenvalue weighted by Crippen LogP contribution is -2.49. The minimum Gasteiger partial charge on any atom is -0.497 e. The molecule has 2 aromatic carbocycles. The quantitative estimate of drug-likeness (QED) is 0.926. The third-order valence-electron chi connectivity index (χ3n) is 4.40. The van der Waals surface area contributed by atoms with Crippen molar-refractivity contribution in [1.29, 1.82) is 0 Å². The maximum absolute atomic E-state index is 13.4. The molecule has 4 nitrogen and oxygen atoms in total. The van der Waals surface area contributed by atoms with E-state index in [9.17, 15) is 13.6 Å². The number of piperazine rings is 1. The highest BCUT2D eigenvalue weighted by Gasteiger charge is 2.27. The summed E-state index contributed by atoms with van der Waals surface area (Å²) in [4.78, 5) is 14.5. The maximum Gasteiger partial charge on any atom is 0.227 e. The molecule has 1 N–H and O–H groups in total. The third-order valence-corrected chi connectivity index (χ3v) is 4.40. The molecule has 1 aliphatic heterocycles. The Hall–Kier alpha value is -2.47. The molecule has 132 valence electrons. The zero-order chi connectivity index (χ0) is 17.8. The Kier molecular flexibility index (Phi) is 5.28. The summed E-state index contributed by atoms with van der Waals surface area (Å²) in [6, 6.07) is 11.1. The molecule has 0 aliphatic carbocycles. The van der Waals surface area contributed by atoms with Crippen LogP contribution in [0.1, 0.15) is 17.2 Å². The Bertz CT molecular complexity index is 750. The van der Waals surface area contributed by atoms with Crippen LogP contribution in [0.4, 0.5) is 8.78 Å². The second kappa shape index (κ2) is 7.61. The van der Waals surface area contributed by atoms with Gasteiger partial charge in [0.1, 0.15) is 5.75 Å². The second-order valence-corrected chi connectivity index (χ2v) is 6.01. The number of amides is 1.